The minimum absolute atomic E-state index is 0.0223. The van der Waals surface area contributed by atoms with Crippen LogP contribution in [-0.2, 0) is 16.1 Å². The fraction of sp³-hybridized carbons (Fsp3) is 0.333. The number of anilines is 1. The summed E-state index contributed by atoms with van der Waals surface area (Å²) in [5.41, 5.74) is 1.81. The molecule has 0 radical (unpaired) electrons. The SMILES string of the molecule is COc1ccc(NC(=O)CN(C)CC(=O)N(C)Cc2ccsc2)cc1. The molecule has 0 aliphatic carbocycles. The van der Waals surface area contributed by atoms with Gasteiger partial charge in [0.2, 0.25) is 11.8 Å². The van der Waals surface area contributed by atoms with Crippen LogP contribution >= 0.6 is 11.3 Å². The van der Waals surface area contributed by atoms with Crippen molar-refractivity contribution in [3.05, 3.63) is 46.7 Å². The molecule has 0 fully saturated rings. The van der Waals surface area contributed by atoms with Crippen molar-refractivity contribution in [3.8, 4) is 5.75 Å². The van der Waals surface area contributed by atoms with Gasteiger partial charge in [0.1, 0.15) is 5.75 Å². The molecule has 0 unspecified atom stereocenters. The van der Waals surface area contributed by atoms with Crippen molar-refractivity contribution in [2.75, 3.05) is 39.6 Å². The summed E-state index contributed by atoms with van der Waals surface area (Å²) < 4.78 is 5.08. The number of rotatable bonds is 8. The highest BCUT2D eigenvalue weighted by Gasteiger charge is 2.14. The van der Waals surface area contributed by atoms with Crippen molar-refractivity contribution in [2.24, 2.45) is 0 Å². The van der Waals surface area contributed by atoms with E-state index in [1.807, 2.05) is 16.8 Å². The third-order valence-electron chi connectivity index (χ3n) is 3.62. The number of methoxy groups -OCH3 is 1. The van der Waals surface area contributed by atoms with Crippen molar-refractivity contribution in [1.82, 2.24) is 9.80 Å². The monoisotopic (exact) mass is 361 g/mol. The second kappa shape index (κ2) is 9.19. The molecule has 1 heterocycles. The summed E-state index contributed by atoms with van der Waals surface area (Å²) in [6.07, 6.45) is 0. The van der Waals surface area contributed by atoms with E-state index in [-0.39, 0.29) is 24.9 Å². The van der Waals surface area contributed by atoms with Gasteiger partial charge in [-0.2, -0.15) is 11.3 Å². The van der Waals surface area contributed by atoms with E-state index >= 15 is 0 Å². The molecule has 2 rings (SSSR count). The number of hydrogen-bond acceptors (Lipinski definition) is 5. The topological polar surface area (TPSA) is 61.9 Å². The third kappa shape index (κ3) is 6.21. The highest BCUT2D eigenvalue weighted by Crippen LogP contribution is 2.14. The molecule has 2 amide bonds. The molecule has 0 aliphatic rings. The number of hydrogen-bond donors (Lipinski definition) is 1. The Hall–Kier alpha value is -2.38. The van der Waals surface area contributed by atoms with Gasteiger partial charge < -0.3 is 15.0 Å². The van der Waals surface area contributed by atoms with Gasteiger partial charge in [0.05, 0.1) is 20.2 Å². The Morgan fingerprint density at radius 1 is 1.12 bits per heavy atom. The smallest absolute Gasteiger partial charge is 0.238 e. The van der Waals surface area contributed by atoms with Crippen LogP contribution in [0, 0.1) is 0 Å². The lowest BCUT2D eigenvalue weighted by Gasteiger charge is -2.21. The van der Waals surface area contributed by atoms with Crippen molar-refractivity contribution in [2.45, 2.75) is 6.54 Å². The average Bonchev–Trinajstić information content (AvgIpc) is 3.08. The van der Waals surface area contributed by atoms with Crippen LogP contribution in [0.1, 0.15) is 5.56 Å². The van der Waals surface area contributed by atoms with Crippen molar-refractivity contribution >= 4 is 28.8 Å². The molecule has 0 saturated heterocycles. The van der Waals surface area contributed by atoms with Gasteiger partial charge in [-0.25, -0.2) is 0 Å². The number of likely N-dealkylation sites (N-methyl/N-ethyl adjacent to an activating group) is 2. The van der Waals surface area contributed by atoms with Gasteiger partial charge in [0.15, 0.2) is 0 Å². The Bertz CT molecular complexity index is 686. The molecule has 0 saturated carbocycles. The predicted molar refractivity (Wildman–Crippen MR) is 99.9 cm³/mol. The first kappa shape index (κ1) is 19.0. The average molecular weight is 361 g/mol. The van der Waals surface area contributed by atoms with Crippen LogP contribution in [0.2, 0.25) is 0 Å². The summed E-state index contributed by atoms with van der Waals surface area (Å²) in [4.78, 5) is 27.7. The number of carbonyl (C=O) groups is 2. The Labute approximate surface area is 152 Å². The minimum Gasteiger partial charge on any atom is -0.497 e. The molecular weight excluding hydrogens is 338 g/mol. The quantitative estimate of drug-likeness (QED) is 0.784. The molecule has 7 heteroatoms. The Kier molecular flexibility index (Phi) is 6.97. The maximum atomic E-state index is 12.2. The van der Waals surface area contributed by atoms with Crippen molar-refractivity contribution < 1.29 is 14.3 Å². The number of benzene rings is 1. The zero-order valence-electron chi connectivity index (χ0n) is 14.7. The summed E-state index contributed by atoms with van der Waals surface area (Å²) in [6, 6.07) is 9.11. The van der Waals surface area contributed by atoms with Crippen LogP contribution in [0.3, 0.4) is 0 Å². The van der Waals surface area contributed by atoms with E-state index in [1.54, 1.807) is 66.6 Å². The van der Waals surface area contributed by atoms with Gasteiger partial charge in [-0.3, -0.25) is 14.5 Å². The lowest BCUT2D eigenvalue weighted by atomic mass is 10.3. The number of amides is 2. The fourth-order valence-corrected chi connectivity index (χ4v) is 2.93. The molecule has 2 aromatic rings. The van der Waals surface area contributed by atoms with Crippen LogP contribution in [0.25, 0.3) is 0 Å². The van der Waals surface area contributed by atoms with Crippen LogP contribution in [0.5, 0.6) is 5.75 Å². The largest absolute Gasteiger partial charge is 0.497 e. The summed E-state index contributed by atoms with van der Waals surface area (Å²) in [6.45, 7) is 0.912. The van der Waals surface area contributed by atoms with Crippen LogP contribution < -0.4 is 10.1 Å². The van der Waals surface area contributed by atoms with Crippen LogP contribution in [0.15, 0.2) is 41.1 Å². The van der Waals surface area contributed by atoms with Gasteiger partial charge in [-0.05, 0) is 53.7 Å². The standard InChI is InChI=1S/C18H23N3O3S/c1-20(12-18(23)21(2)10-14-8-9-25-13-14)11-17(22)19-15-4-6-16(24-3)7-5-15/h4-9,13H,10-12H2,1-3H3,(H,19,22). The van der Waals surface area contributed by atoms with E-state index in [0.717, 1.165) is 11.3 Å². The first-order valence-corrected chi connectivity index (χ1v) is 8.79. The van der Waals surface area contributed by atoms with Crippen molar-refractivity contribution in [1.29, 1.82) is 0 Å². The minimum atomic E-state index is -0.166. The van der Waals surface area contributed by atoms with Crippen LogP contribution in [-0.4, -0.2) is 55.9 Å². The molecule has 134 valence electrons. The normalized spacial score (nSPS) is 10.6. The van der Waals surface area contributed by atoms with Gasteiger partial charge in [0, 0.05) is 19.3 Å². The summed E-state index contributed by atoms with van der Waals surface area (Å²) in [5, 5.41) is 6.82. The Balaban J connectivity index is 1.76. The Morgan fingerprint density at radius 3 is 2.44 bits per heavy atom. The molecule has 6 nitrogen and oxygen atoms in total. The van der Waals surface area contributed by atoms with E-state index in [0.29, 0.717) is 12.2 Å². The van der Waals surface area contributed by atoms with Crippen LogP contribution in [0.4, 0.5) is 5.69 Å². The number of ether oxygens (including phenoxy) is 1. The van der Waals surface area contributed by atoms with E-state index in [1.165, 1.54) is 0 Å². The van der Waals surface area contributed by atoms with Gasteiger partial charge in [-0.15, -0.1) is 0 Å². The van der Waals surface area contributed by atoms with Crippen molar-refractivity contribution in [3.63, 3.8) is 0 Å². The zero-order valence-corrected chi connectivity index (χ0v) is 15.5. The molecule has 0 atom stereocenters. The highest BCUT2D eigenvalue weighted by molar-refractivity contribution is 7.07. The summed E-state index contributed by atoms with van der Waals surface area (Å²) in [7, 11) is 5.12. The Morgan fingerprint density at radius 2 is 1.84 bits per heavy atom. The van der Waals surface area contributed by atoms with Gasteiger partial charge in [-0.1, -0.05) is 0 Å². The summed E-state index contributed by atoms with van der Waals surface area (Å²) >= 11 is 1.61. The second-order valence-electron chi connectivity index (χ2n) is 5.83. The molecule has 25 heavy (non-hydrogen) atoms. The number of nitrogens with zero attached hydrogens (tertiary/aromatic N) is 2. The molecule has 0 spiro atoms. The maximum Gasteiger partial charge on any atom is 0.238 e. The van der Waals surface area contributed by atoms with E-state index in [2.05, 4.69) is 5.32 Å². The third-order valence-corrected chi connectivity index (χ3v) is 4.35. The first-order chi connectivity index (χ1) is 12.0. The number of thiophene rings is 1. The predicted octanol–water partition coefficient (Wildman–Crippen LogP) is 2.29. The second-order valence-corrected chi connectivity index (χ2v) is 6.61. The molecule has 0 bridgehead atoms. The van der Waals surface area contributed by atoms with Gasteiger partial charge >= 0.3 is 0 Å². The first-order valence-electron chi connectivity index (χ1n) is 7.85. The fourth-order valence-electron chi connectivity index (χ4n) is 2.27. The highest BCUT2D eigenvalue weighted by atomic mass is 32.1. The zero-order chi connectivity index (χ0) is 18.2. The van der Waals surface area contributed by atoms with E-state index < -0.39 is 0 Å². The number of carbonyl (C=O) groups excluding carboxylic acids is 2. The molecule has 1 aromatic heterocycles. The molecular formula is C18H23N3O3S. The van der Waals surface area contributed by atoms with E-state index in [4.69, 9.17) is 4.74 Å². The molecule has 1 aromatic carbocycles. The molecule has 0 aliphatic heterocycles. The van der Waals surface area contributed by atoms with Gasteiger partial charge in [0.25, 0.3) is 0 Å². The van der Waals surface area contributed by atoms with E-state index in [9.17, 15) is 9.59 Å². The summed E-state index contributed by atoms with van der Waals surface area (Å²) in [5.74, 6) is 0.543. The lowest BCUT2D eigenvalue weighted by molar-refractivity contribution is -0.131. The number of nitrogens with one attached hydrogen (secondary N) is 1. The molecule has 1 N–H and O–H groups in total. The maximum absolute atomic E-state index is 12.2. The lowest BCUT2D eigenvalue weighted by Crippen LogP contribution is -2.39.